The Morgan fingerprint density at radius 1 is 1.41 bits per heavy atom. The van der Waals surface area contributed by atoms with Gasteiger partial charge in [0.05, 0.1) is 12.2 Å². The first-order chi connectivity index (χ1) is 8.11. The molecular formula is C13H16N2O2. The van der Waals surface area contributed by atoms with E-state index in [1.807, 2.05) is 19.9 Å². The molecule has 0 fully saturated rings. The Labute approximate surface area is 100 Å². The number of hydrogen-bond donors (Lipinski definition) is 2. The number of benzene rings is 1. The number of phenols is 1. The summed E-state index contributed by atoms with van der Waals surface area (Å²) in [5.74, 6) is 1.67. The lowest BCUT2D eigenvalue weighted by atomic mass is 10.1. The third-order valence-electron chi connectivity index (χ3n) is 2.55. The van der Waals surface area contributed by atoms with Gasteiger partial charge in [0, 0.05) is 5.56 Å². The van der Waals surface area contributed by atoms with Crippen LogP contribution in [0.15, 0.2) is 28.7 Å². The fraction of sp³-hybridized carbons (Fsp3) is 0.308. The normalized spacial score (nSPS) is 11.1. The van der Waals surface area contributed by atoms with Crippen molar-refractivity contribution in [3.05, 3.63) is 35.7 Å². The molecule has 1 aromatic carbocycles. The quantitative estimate of drug-likeness (QED) is 0.853. The fourth-order valence-electron chi connectivity index (χ4n) is 1.72. The van der Waals surface area contributed by atoms with Crippen LogP contribution in [0.5, 0.6) is 5.75 Å². The van der Waals surface area contributed by atoms with Crippen LogP contribution < -0.4 is 5.73 Å². The van der Waals surface area contributed by atoms with Crippen LogP contribution in [0.2, 0.25) is 0 Å². The summed E-state index contributed by atoms with van der Waals surface area (Å²) in [5.41, 5.74) is 7.26. The van der Waals surface area contributed by atoms with Gasteiger partial charge >= 0.3 is 0 Å². The van der Waals surface area contributed by atoms with E-state index in [4.69, 9.17) is 10.2 Å². The molecule has 0 amide bonds. The maximum absolute atomic E-state index is 9.42. The molecule has 4 nitrogen and oxygen atoms in total. The molecule has 3 N–H and O–H groups in total. The second-order valence-corrected chi connectivity index (χ2v) is 4.24. The standard InChI is InChI=1S/C13H16N2O2/c1-8(2)12-11(7-14)17-13(15-12)9-4-3-5-10(16)6-9/h3-6,8,16H,7,14H2,1-2H3. The summed E-state index contributed by atoms with van der Waals surface area (Å²) >= 11 is 0. The summed E-state index contributed by atoms with van der Waals surface area (Å²) < 4.78 is 5.62. The van der Waals surface area contributed by atoms with Crippen molar-refractivity contribution in [1.29, 1.82) is 0 Å². The molecule has 0 aliphatic rings. The predicted molar refractivity (Wildman–Crippen MR) is 65.6 cm³/mol. The number of hydrogen-bond acceptors (Lipinski definition) is 4. The van der Waals surface area contributed by atoms with Gasteiger partial charge in [-0.05, 0) is 24.1 Å². The van der Waals surface area contributed by atoms with Crippen LogP contribution in [0.25, 0.3) is 11.5 Å². The maximum atomic E-state index is 9.42. The second kappa shape index (κ2) is 4.59. The average Bonchev–Trinajstić information content (AvgIpc) is 2.73. The van der Waals surface area contributed by atoms with Gasteiger partial charge in [0.15, 0.2) is 0 Å². The van der Waals surface area contributed by atoms with Crippen LogP contribution in [0, 0.1) is 0 Å². The number of phenolic OH excluding ortho intramolecular Hbond substituents is 1. The monoisotopic (exact) mass is 232 g/mol. The third kappa shape index (κ3) is 2.31. The van der Waals surface area contributed by atoms with Gasteiger partial charge in [-0.3, -0.25) is 0 Å². The third-order valence-corrected chi connectivity index (χ3v) is 2.55. The van der Waals surface area contributed by atoms with E-state index in [2.05, 4.69) is 4.98 Å². The minimum absolute atomic E-state index is 0.195. The van der Waals surface area contributed by atoms with Crippen molar-refractivity contribution >= 4 is 0 Å². The van der Waals surface area contributed by atoms with Crippen molar-refractivity contribution in [2.24, 2.45) is 5.73 Å². The molecule has 0 aliphatic carbocycles. The second-order valence-electron chi connectivity index (χ2n) is 4.24. The Morgan fingerprint density at radius 2 is 2.18 bits per heavy atom. The van der Waals surface area contributed by atoms with Crippen molar-refractivity contribution in [2.45, 2.75) is 26.3 Å². The Kier molecular flexibility index (Phi) is 3.15. The first-order valence-electron chi connectivity index (χ1n) is 5.61. The molecule has 1 aromatic heterocycles. The zero-order valence-electron chi connectivity index (χ0n) is 9.97. The van der Waals surface area contributed by atoms with Gasteiger partial charge in [-0.15, -0.1) is 0 Å². The topological polar surface area (TPSA) is 72.3 Å². The Hall–Kier alpha value is -1.81. The smallest absolute Gasteiger partial charge is 0.226 e. The van der Waals surface area contributed by atoms with E-state index in [0.29, 0.717) is 18.2 Å². The van der Waals surface area contributed by atoms with Crippen molar-refractivity contribution < 1.29 is 9.52 Å². The highest BCUT2D eigenvalue weighted by atomic mass is 16.4. The molecule has 4 heteroatoms. The highest BCUT2D eigenvalue weighted by molar-refractivity contribution is 5.56. The zero-order valence-corrected chi connectivity index (χ0v) is 9.97. The Morgan fingerprint density at radius 3 is 2.71 bits per heavy atom. The van der Waals surface area contributed by atoms with Gasteiger partial charge in [-0.25, -0.2) is 4.98 Å². The average molecular weight is 232 g/mol. The van der Waals surface area contributed by atoms with Crippen molar-refractivity contribution in [3.8, 4) is 17.2 Å². The Balaban J connectivity index is 2.46. The lowest BCUT2D eigenvalue weighted by Crippen LogP contribution is -2.00. The molecule has 0 bridgehead atoms. The van der Waals surface area contributed by atoms with Gasteiger partial charge in [-0.1, -0.05) is 19.9 Å². The number of nitrogens with two attached hydrogens (primary N) is 1. The zero-order chi connectivity index (χ0) is 12.4. The van der Waals surface area contributed by atoms with Crippen LogP contribution in [0.4, 0.5) is 0 Å². The number of oxazole rings is 1. The minimum Gasteiger partial charge on any atom is -0.508 e. The molecule has 0 atom stereocenters. The molecule has 0 saturated heterocycles. The minimum atomic E-state index is 0.195. The first-order valence-corrected chi connectivity index (χ1v) is 5.61. The summed E-state index contributed by atoms with van der Waals surface area (Å²) in [7, 11) is 0. The van der Waals surface area contributed by atoms with Gasteiger partial charge in [0.1, 0.15) is 11.5 Å². The largest absolute Gasteiger partial charge is 0.508 e. The van der Waals surface area contributed by atoms with E-state index in [1.165, 1.54) is 0 Å². The summed E-state index contributed by atoms with van der Waals surface area (Å²) in [6.07, 6.45) is 0. The summed E-state index contributed by atoms with van der Waals surface area (Å²) in [4.78, 5) is 4.43. The lowest BCUT2D eigenvalue weighted by molar-refractivity contribution is 0.474. The fourth-order valence-corrected chi connectivity index (χ4v) is 1.72. The van der Waals surface area contributed by atoms with Crippen LogP contribution in [0.1, 0.15) is 31.2 Å². The van der Waals surface area contributed by atoms with Gasteiger partial charge in [-0.2, -0.15) is 0 Å². The molecule has 1 heterocycles. The van der Waals surface area contributed by atoms with E-state index in [-0.39, 0.29) is 11.7 Å². The summed E-state index contributed by atoms with van der Waals surface area (Å²) in [6, 6.07) is 6.83. The van der Waals surface area contributed by atoms with E-state index < -0.39 is 0 Å². The highest BCUT2D eigenvalue weighted by Gasteiger charge is 2.16. The molecule has 0 spiro atoms. The maximum Gasteiger partial charge on any atom is 0.226 e. The van der Waals surface area contributed by atoms with E-state index in [1.54, 1.807) is 18.2 Å². The molecule has 0 unspecified atom stereocenters. The molecular weight excluding hydrogens is 216 g/mol. The SMILES string of the molecule is CC(C)c1nc(-c2cccc(O)c2)oc1CN. The molecule has 2 rings (SSSR count). The van der Waals surface area contributed by atoms with Gasteiger partial charge in [0.2, 0.25) is 5.89 Å². The van der Waals surface area contributed by atoms with Crippen LogP contribution >= 0.6 is 0 Å². The highest BCUT2D eigenvalue weighted by Crippen LogP contribution is 2.27. The molecule has 0 saturated carbocycles. The summed E-state index contributed by atoms with van der Waals surface area (Å²) in [6.45, 7) is 4.42. The van der Waals surface area contributed by atoms with Crippen molar-refractivity contribution in [3.63, 3.8) is 0 Å². The molecule has 0 aliphatic heterocycles. The molecule has 0 radical (unpaired) electrons. The van der Waals surface area contributed by atoms with E-state index in [9.17, 15) is 5.11 Å². The number of rotatable bonds is 3. The number of aromatic nitrogens is 1. The van der Waals surface area contributed by atoms with Crippen LogP contribution in [-0.2, 0) is 6.54 Å². The van der Waals surface area contributed by atoms with Crippen LogP contribution in [-0.4, -0.2) is 10.1 Å². The number of aromatic hydroxyl groups is 1. The first kappa shape index (κ1) is 11.7. The molecule has 17 heavy (non-hydrogen) atoms. The van der Waals surface area contributed by atoms with Crippen molar-refractivity contribution in [2.75, 3.05) is 0 Å². The Bertz CT molecular complexity index is 518. The molecule has 90 valence electrons. The van der Waals surface area contributed by atoms with E-state index >= 15 is 0 Å². The lowest BCUT2D eigenvalue weighted by Gasteiger charge is -1.99. The predicted octanol–water partition coefficient (Wildman–Crippen LogP) is 2.63. The van der Waals surface area contributed by atoms with Crippen molar-refractivity contribution in [1.82, 2.24) is 4.98 Å². The van der Waals surface area contributed by atoms with Gasteiger partial charge < -0.3 is 15.3 Å². The number of nitrogens with zero attached hydrogens (tertiary/aromatic N) is 1. The van der Waals surface area contributed by atoms with E-state index in [0.717, 1.165) is 11.3 Å². The van der Waals surface area contributed by atoms with Gasteiger partial charge in [0.25, 0.3) is 0 Å². The van der Waals surface area contributed by atoms with Crippen LogP contribution in [0.3, 0.4) is 0 Å². The molecule has 2 aromatic rings. The summed E-state index contributed by atoms with van der Waals surface area (Å²) in [5, 5.41) is 9.42.